The van der Waals surface area contributed by atoms with Crippen molar-refractivity contribution >= 4 is 27.7 Å². The van der Waals surface area contributed by atoms with E-state index in [-0.39, 0.29) is 34.4 Å². The highest BCUT2D eigenvalue weighted by Crippen LogP contribution is 2.70. The molecule has 2 atom stereocenters. The van der Waals surface area contributed by atoms with Gasteiger partial charge in [-0.3, -0.25) is 9.59 Å². The largest absolute Gasteiger partial charge is 0.466 e. The minimum Gasteiger partial charge on any atom is -0.466 e. The fourth-order valence-corrected chi connectivity index (χ4v) is 5.00. The Bertz CT molecular complexity index is 875. The van der Waals surface area contributed by atoms with Crippen LogP contribution in [0.1, 0.15) is 59.9 Å². The summed E-state index contributed by atoms with van der Waals surface area (Å²) in [5, 5.41) is 0. The lowest BCUT2D eigenvalue weighted by Gasteiger charge is -2.34. The molecule has 29 heavy (non-hydrogen) atoms. The first-order valence-corrected chi connectivity index (χ1v) is 11.1. The Kier molecular flexibility index (Phi) is 5.49. The lowest BCUT2D eigenvalue weighted by molar-refractivity contribution is -0.145. The molecule has 2 aliphatic rings. The van der Waals surface area contributed by atoms with E-state index in [0.29, 0.717) is 6.61 Å². The van der Waals surface area contributed by atoms with Crippen molar-refractivity contribution in [3.05, 3.63) is 57.6 Å². The van der Waals surface area contributed by atoms with Crippen molar-refractivity contribution in [2.45, 2.75) is 54.4 Å². The van der Waals surface area contributed by atoms with E-state index in [1.165, 1.54) is 0 Å². The maximum atomic E-state index is 13.4. The Morgan fingerprint density at radius 3 is 2.00 bits per heavy atom. The molecule has 0 saturated heterocycles. The number of rotatable bonds is 3. The van der Waals surface area contributed by atoms with Crippen LogP contribution in [0.3, 0.4) is 0 Å². The number of carbonyl (C=O) groups is 2. The third-order valence-electron chi connectivity index (χ3n) is 5.98. The van der Waals surface area contributed by atoms with Gasteiger partial charge < -0.3 is 4.74 Å². The third kappa shape index (κ3) is 3.76. The topological polar surface area (TPSA) is 43.4 Å². The smallest absolute Gasteiger partial charge is 0.310 e. The Labute approximate surface area is 182 Å². The molecule has 0 amide bonds. The lowest BCUT2D eigenvalue weighted by atomic mass is 9.69. The van der Waals surface area contributed by atoms with E-state index < -0.39 is 5.41 Å². The fraction of sp³-hybridized carbons (Fsp3) is 0.520. The third-order valence-corrected chi connectivity index (χ3v) is 6.70. The van der Waals surface area contributed by atoms with E-state index in [4.69, 9.17) is 4.74 Å². The summed E-state index contributed by atoms with van der Waals surface area (Å²) in [5.74, 6) is -0.489. The van der Waals surface area contributed by atoms with Gasteiger partial charge in [0.2, 0.25) is 0 Å². The minimum absolute atomic E-state index is 0.0556. The molecule has 1 aromatic carbocycles. The molecular formula is C25H31BrO3. The van der Waals surface area contributed by atoms with E-state index in [1.807, 2.05) is 25.1 Å². The Hall–Kier alpha value is -1.68. The van der Waals surface area contributed by atoms with Gasteiger partial charge in [-0.2, -0.15) is 0 Å². The van der Waals surface area contributed by atoms with Crippen LogP contribution in [-0.2, 0) is 14.3 Å². The van der Waals surface area contributed by atoms with Gasteiger partial charge in [-0.15, -0.1) is 0 Å². The highest BCUT2D eigenvalue weighted by molar-refractivity contribution is 9.10. The van der Waals surface area contributed by atoms with Crippen LogP contribution in [-0.4, -0.2) is 18.4 Å². The molecular weight excluding hydrogens is 428 g/mol. The molecule has 1 aromatic rings. The first-order chi connectivity index (χ1) is 13.3. The number of hydrogen-bond donors (Lipinski definition) is 0. The van der Waals surface area contributed by atoms with Crippen molar-refractivity contribution < 1.29 is 14.3 Å². The van der Waals surface area contributed by atoms with Crippen molar-refractivity contribution in [3.8, 4) is 0 Å². The zero-order valence-electron chi connectivity index (χ0n) is 18.4. The highest BCUT2D eigenvalue weighted by atomic mass is 79.9. The second kappa shape index (κ2) is 7.23. The van der Waals surface area contributed by atoms with Crippen molar-refractivity contribution in [3.63, 3.8) is 0 Å². The van der Waals surface area contributed by atoms with Crippen LogP contribution < -0.4 is 0 Å². The van der Waals surface area contributed by atoms with Crippen molar-refractivity contribution in [1.29, 1.82) is 0 Å². The van der Waals surface area contributed by atoms with Crippen LogP contribution in [0.5, 0.6) is 0 Å². The quantitative estimate of drug-likeness (QED) is 0.503. The number of carbonyl (C=O) groups excluding carboxylic acids is 2. The van der Waals surface area contributed by atoms with Gasteiger partial charge >= 0.3 is 5.97 Å². The number of hydrogen-bond acceptors (Lipinski definition) is 3. The molecule has 3 rings (SSSR count). The lowest BCUT2D eigenvalue weighted by Crippen LogP contribution is -2.31. The van der Waals surface area contributed by atoms with Crippen LogP contribution in [0.2, 0.25) is 0 Å². The number of allylic oxidation sites excluding steroid dienone is 4. The average molecular weight is 459 g/mol. The summed E-state index contributed by atoms with van der Waals surface area (Å²) in [6.07, 6.45) is 4.13. The maximum Gasteiger partial charge on any atom is 0.310 e. The van der Waals surface area contributed by atoms with Crippen LogP contribution in [0.4, 0.5) is 0 Å². The van der Waals surface area contributed by atoms with Gasteiger partial charge in [-0.05, 0) is 29.4 Å². The van der Waals surface area contributed by atoms with Crippen LogP contribution in [0.25, 0.3) is 0 Å². The molecule has 0 unspecified atom stereocenters. The predicted molar refractivity (Wildman–Crippen MR) is 120 cm³/mol. The highest BCUT2D eigenvalue weighted by Gasteiger charge is 2.69. The molecule has 0 aromatic heterocycles. The second-order valence-corrected chi connectivity index (χ2v) is 11.0. The molecule has 156 valence electrons. The summed E-state index contributed by atoms with van der Waals surface area (Å²) >= 11 is 3.66. The maximum absolute atomic E-state index is 13.4. The number of Topliss-reactive ketones (excluding diaryl/α,β-unsaturated/α-hetero) is 1. The normalized spacial score (nSPS) is 23.5. The fourth-order valence-electron chi connectivity index (χ4n) is 4.47. The van der Waals surface area contributed by atoms with E-state index >= 15 is 0 Å². The van der Waals surface area contributed by atoms with Gasteiger partial charge in [0.15, 0.2) is 5.78 Å². The molecule has 1 fully saturated rings. The summed E-state index contributed by atoms with van der Waals surface area (Å²) in [5.41, 5.74) is 1.50. The first-order valence-electron chi connectivity index (χ1n) is 10.3. The summed E-state index contributed by atoms with van der Waals surface area (Å²) in [4.78, 5) is 26.4. The number of halogens is 1. The van der Waals surface area contributed by atoms with Gasteiger partial charge in [0, 0.05) is 27.0 Å². The van der Waals surface area contributed by atoms with Gasteiger partial charge in [0.1, 0.15) is 0 Å². The Morgan fingerprint density at radius 1 is 1.03 bits per heavy atom. The average Bonchev–Trinajstić information content (AvgIpc) is 3.23. The Balaban J connectivity index is 2.25. The molecule has 1 spiro atoms. The molecule has 0 bridgehead atoms. The molecule has 2 aliphatic carbocycles. The van der Waals surface area contributed by atoms with E-state index in [9.17, 15) is 9.59 Å². The number of benzene rings is 1. The van der Waals surface area contributed by atoms with Gasteiger partial charge in [0.05, 0.1) is 12.5 Å². The number of ether oxygens (including phenoxy) is 1. The monoisotopic (exact) mass is 458 g/mol. The number of ketones is 1. The predicted octanol–water partition coefficient (Wildman–Crippen LogP) is 6.24. The molecule has 0 aliphatic heterocycles. The molecule has 4 heteroatoms. The molecule has 3 nitrogen and oxygen atoms in total. The number of esters is 1. The van der Waals surface area contributed by atoms with Gasteiger partial charge in [-0.25, -0.2) is 0 Å². The minimum atomic E-state index is -0.532. The Morgan fingerprint density at radius 2 is 1.55 bits per heavy atom. The van der Waals surface area contributed by atoms with E-state index in [1.54, 1.807) is 0 Å². The molecule has 0 heterocycles. The van der Waals surface area contributed by atoms with E-state index in [2.05, 4.69) is 75.7 Å². The second-order valence-electron chi connectivity index (χ2n) is 10.2. The summed E-state index contributed by atoms with van der Waals surface area (Å²) in [6, 6.07) is 8.02. The zero-order valence-corrected chi connectivity index (χ0v) is 20.0. The van der Waals surface area contributed by atoms with Crippen molar-refractivity contribution in [2.24, 2.45) is 22.2 Å². The first kappa shape index (κ1) is 22.0. The SMILES string of the molecule is CCOC(=O)[C@H]1[C@H](c2ccccc2Br)C12C=C(C(C)(C)C)C(=O)C(C(C)(C)C)=C2. The van der Waals surface area contributed by atoms with Crippen LogP contribution in [0.15, 0.2) is 52.0 Å². The van der Waals surface area contributed by atoms with Crippen LogP contribution in [0, 0.1) is 22.2 Å². The summed E-state index contributed by atoms with van der Waals surface area (Å²) < 4.78 is 6.43. The summed E-state index contributed by atoms with van der Waals surface area (Å²) in [6.45, 7) is 14.5. The zero-order chi connectivity index (χ0) is 21.8. The molecule has 0 radical (unpaired) electrons. The van der Waals surface area contributed by atoms with Crippen molar-refractivity contribution in [2.75, 3.05) is 6.61 Å². The molecule has 0 N–H and O–H groups in total. The van der Waals surface area contributed by atoms with Gasteiger partial charge in [0.25, 0.3) is 0 Å². The molecule has 1 saturated carbocycles. The van der Waals surface area contributed by atoms with Gasteiger partial charge in [-0.1, -0.05) is 87.8 Å². The van der Waals surface area contributed by atoms with E-state index in [0.717, 1.165) is 21.2 Å². The standard InChI is InChI=1S/C25H31BrO3/c1-8-29-22(28)20-19(15-11-9-10-12-18(15)26)25(20)13-16(23(2,3)4)21(27)17(14-25)24(5,6)7/h9-14,19-20H,8H2,1-7H3/t19-,20+/m0/s1. The van der Waals surface area contributed by atoms with Crippen molar-refractivity contribution in [1.82, 2.24) is 0 Å². The van der Waals surface area contributed by atoms with Crippen LogP contribution >= 0.6 is 15.9 Å². The summed E-state index contributed by atoms with van der Waals surface area (Å²) in [7, 11) is 0.